The molecule has 1 N–H and O–H groups in total. The maximum atomic E-state index is 13.3. The van der Waals surface area contributed by atoms with E-state index in [1.165, 1.54) is 24.4 Å². The number of amides is 1. The number of hydrogen-bond donors (Lipinski definition) is 1. The summed E-state index contributed by atoms with van der Waals surface area (Å²) in [5.74, 6) is -0.595. The summed E-state index contributed by atoms with van der Waals surface area (Å²) >= 11 is 9.51. The van der Waals surface area contributed by atoms with Crippen molar-refractivity contribution < 1.29 is 13.2 Å². The second-order valence-corrected chi connectivity index (χ2v) is 9.72. The molecule has 0 atom stereocenters. The van der Waals surface area contributed by atoms with E-state index in [4.69, 9.17) is 11.6 Å². The number of halogens is 2. The standard InChI is InChI=1S/C22H19BrClN3O3S/c1-16-11-12-18(24)13-21(16)27(31(29,30)19-8-3-2-4-9-19)15-22(28)26-25-14-17-7-5-6-10-20(17)23/h2-14H,15H2,1H3,(H,26,28)/b25-14-. The molecule has 0 aliphatic rings. The van der Waals surface area contributed by atoms with E-state index in [1.54, 1.807) is 37.3 Å². The molecule has 0 aromatic heterocycles. The molecular formula is C22H19BrClN3O3S. The zero-order chi connectivity index (χ0) is 22.4. The lowest BCUT2D eigenvalue weighted by molar-refractivity contribution is -0.119. The second kappa shape index (κ2) is 10.1. The predicted octanol–water partition coefficient (Wildman–Crippen LogP) is 4.76. The summed E-state index contributed by atoms with van der Waals surface area (Å²) in [4.78, 5) is 12.7. The van der Waals surface area contributed by atoms with Crippen molar-refractivity contribution in [3.05, 3.63) is 93.4 Å². The van der Waals surface area contributed by atoms with Crippen LogP contribution in [0.5, 0.6) is 0 Å². The first-order valence-electron chi connectivity index (χ1n) is 9.19. The molecule has 3 aromatic carbocycles. The number of nitrogens with one attached hydrogen (secondary N) is 1. The van der Waals surface area contributed by atoms with Crippen molar-refractivity contribution >= 4 is 55.4 Å². The Morgan fingerprint density at radius 3 is 2.48 bits per heavy atom. The summed E-state index contributed by atoms with van der Waals surface area (Å²) in [6.07, 6.45) is 1.47. The number of aryl methyl sites for hydroxylation is 1. The van der Waals surface area contributed by atoms with E-state index >= 15 is 0 Å². The highest BCUT2D eigenvalue weighted by molar-refractivity contribution is 9.10. The maximum absolute atomic E-state index is 13.3. The van der Waals surface area contributed by atoms with E-state index in [0.29, 0.717) is 16.3 Å². The van der Waals surface area contributed by atoms with Crippen molar-refractivity contribution in [2.75, 3.05) is 10.8 Å². The Bertz CT molecular complexity index is 1220. The SMILES string of the molecule is Cc1ccc(Cl)cc1N(CC(=O)N/N=C\c1ccccc1Br)S(=O)(=O)c1ccccc1. The average molecular weight is 521 g/mol. The van der Waals surface area contributed by atoms with E-state index in [-0.39, 0.29) is 4.90 Å². The molecule has 0 radical (unpaired) electrons. The van der Waals surface area contributed by atoms with Gasteiger partial charge < -0.3 is 0 Å². The zero-order valence-electron chi connectivity index (χ0n) is 16.5. The second-order valence-electron chi connectivity index (χ2n) is 6.57. The molecule has 0 aliphatic heterocycles. The van der Waals surface area contributed by atoms with Gasteiger partial charge in [0.1, 0.15) is 6.54 Å². The van der Waals surface area contributed by atoms with Crippen LogP contribution >= 0.6 is 27.5 Å². The van der Waals surface area contributed by atoms with E-state index in [1.807, 2.05) is 24.3 Å². The lowest BCUT2D eigenvalue weighted by atomic mass is 10.2. The van der Waals surface area contributed by atoms with Gasteiger partial charge in [-0.3, -0.25) is 9.10 Å². The fourth-order valence-corrected chi connectivity index (χ4v) is 4.84. The number of anilines is 1. The molecule has 0 saturated heterocycles. The van der Waals surface area contributed by atoms with Crippen LogP contribution in [0.15, 0.2) is 87.3 Å². The molecule has 160 valence electrons. The van der Waals surface area contributed by atoms with Gasteiger partial charge >= 0.3 is 0 Å². The third-order valence-corrected chi connectivity index (χ3v) is 7.09. The number of carbonyl (C=O) groups is 1. The van der Waals surface area contributed by atoms with Crippen molar-refractivity contribution in [2.45, 2.75) is 11.8 Å². The molecule has 0 spiro atoms. The highest BCUT2D eigenvalue weighted by Crippen LogP contribution is 2.29. The molecule has 3 aromatic rings. The Morgan fingerprint density at radius 2 is 1.77 bits per heavy atom. The quantitative estimate of drug-likeness (QED) is 0.360. The maximum Gasteiger partial charge on any atom is 0.264 e. The van der Waals surface area contributed by atoms with E-state index < -0.39 is 22.5 Å². The number of sulfonamides is 1. The van der Waals surface area contributed by atoms with E-state index in [9.17, 15) is 13.2 Å². The number of hydrogen-bond acceptors (Lipinski definition) is 4. The third-order valence-electron chi connectivity index (χ3n) is 4.36. The molecule has 0 aliphatic carbocycles. The summed E-state index contributed by atoms with van der Waals surface area (Å²) < 4.78 is 28.5. The predicted molar refractivity (Wildman–Crippen MR) is 127 cm³/mol. The van der Waals surface area contributed by atoms with Gasteiger partial charge in [0.15, 0.2) is 0 Å². The summed E-state index contributed by atoms with van der Waals surface area (Å²) in [6, 6.07) is 20.2. The first-order chi connectivity index (χ1) is 14.8. The minimum absolute atomic E-state index is 0.0684. The molecule has 3 rings (SSSR count). The number of benzene rings is 3. The van der Waals surface area contributed by atoms with Gasteiger partial charge in [-0.1, -0.05) is 70.0 Å². The van der Waals surface area contributed by atoms with Crippen molar-refractivity contribution in [1.82, 2.24) is 5.43 Å². The van der Waals surface area contributed by atoms with Crippen molar-refractivity contribution in [2.24, 2.45) is 5.10 Å². The Morgan fingerprint density at radius 1 is 1.10 bits per heavy atom. The van der Waals surface area contributed by atoms with E-state index in [0.717, 1.165) is 14.3 Å². The van der Waals surface area contributed by atoms with Gasteiger partial charge in [-0.25, -0.2) is 13.8 Å². The Kier molecular flexibility index (Phi) is 7.48. The summed E-state index contributed by atoms with van der Waals surface area (Å²) in [7, 11) is -4.02. The Labute approximate surface area is 194 Å². The molecule has 0 heterocycles. The lowest BCUT2D eigenvalue weighted by Gasteiger charge is -2.25. The Hall–Kier alpha value is -2.68. The largest absolute Gasteiger partial charge is 0.271 e. The van der Waals surface area contributed by atoms with Gasteiger partial charge in [0.05, 0.1) is 16.8 Å². The topological polar surface area (TPSA) is 78.8 Å². The van der Waals surface area contributed by atoms with Gasteiger partial charge in [0, 0.05) is 15.1 Å². The van der Waals surface area contributed by atoms with Crippen LogP contribution in [-0.4, -0.2) is 27.1 Å². The summed E-state index contributed by atoms with van der Waals surface area (Å²) in [5, 5.41) is 4.30. The molecule has 9 heteroatoms. The van der Waals surface area contributed by atoms with Crippen LogP contribution in [0.25, 0.3) is 0 Å². The minimum atomic E-state index is -4.02. The number of hydrazone groups is 1. The van der Waals surface area contributed by atoms with Crippen molar-refractivity contribution in [1.29, 1.82) is 0 Å². The fraction of sp³-hybridized carbons (Fsp3) is 0.0909. The van der Waals surface area contributed by atoms with Crippen LogP contribution < -0.4 is 9.73 Å². The van der Waals surface area contributed by atoms with Crippen molar-refractivity contribution in [3.63, 3.8) is 0 Å². The molecule has 0 unspecified atom stereocenters. The van der Waals surface area contributed by atoms with Crippen molar-refractivity contribution in [3.8, 4) is 0 Å². The number of rotatable bonds is 7. The van der Waals surface area contributed by atoms with E-state index in [2.05, 4.69) is 26.5 Å². The number of nitrogens with zero attached hydrogens (tertiary/aromatic N) is 2. The minimum Gasteiger partial charge on any atom is -0.271 e. The normalized spacial score (nSPS) is 11.5. The molecule has 31 heavy (non-hydrogen) atoms. The smallest absolute Gasteiger partial charge is 0.264 e. The fourth-order valence-electron chi connectivity index (χ4n) is 2.79. The van der Waals surface area contributed by atoms with Crippen LogP contribution in [0.3, 0.4) is 0 Å². The highest BCUT2D eigenvalue weighted by Gasteiger charge is 2.28. The van der Waals surface area contributed by atoms with Crippen LogP contribution in [0.1, 0.15) is 11.1 Å². The summed E-state index contributed by atoms with van der Waals surface area (Å²) in [6.45, 7) is 1.29. The molecule has 1 amide bonds. The first-order valence-corrected chi connectivity index (χ1v) is 11.8. The Balaban J connectivity index is 1.89. The molecular weight excluding hydrogens is 502 g/mol. The third kappa shape index (κ3) is 5.72. The molecule has 0 fully saturated rings. The lowest BCUT2D eigenvalue weighted by Crippen LogP contribution is -2.40. The van der Waals surface area contributed by atoms with Crippen LogP contribution in [-0.2, 0) is 14.8 Å². The summed E-state index contributed by atoms with van der Waals surface area (Å²) in [5.41, 5.74) is 4.13. The van der Waals surface area contributed by atoms with Gasteiger partial charge in [-0.15, -0.1) is 0 Å². The van der Waals surface area contributed by atoms with Gasteiger partial charge in [0.2, 0.25) is 0 Å². The van der Waals surface area contributed by atoms with Gasteiger partial charge in [-0.05, 0) is 42.8 Å². The monoisotopic (exact) mass is 519 g/mol. The average Bonchev–Trinajstić information content (AvgIpc) is 2.76. The molecule has 0 bridgehead atoms. The van der Waals surface area contributed by atoms with Gasteiger partial charge in [-0.2, -0.15) is 5.10 Å². The van der Waals surface area contributed by atoms with Crippen LogP contribution in [0, 0.1) is 6.92 Å². The molecule has 6 nitrogen and oxygen atoms in total. The van der Waals surface area contributed by atoms with Crippen LogP contribution in [0.4, 0.5) is 5.69 Å². The molecule has 0 saturated carbocycles. The zero-order valence-corrected chi connectivity index (χ0v) is 19.7. The van der Waals surface area contributed by atoms with Crippen LogP contribution in [0.2, 0.25) is 5.02 Å². The van der Waals surface area contributed by atoms with Gasteiger partial charge in [0.25, 0.3) is 15.9 Å². The highest BCUT2D eigenvalue weighted by atomic mass is 79.9. The number of carbonyl (C=O) groups excluding carboxylic acids is 1. The first kappa shape index (κ1) is 23.0.